The molecule has 0 aromatic carbocycles. The quantitative estimate of drug-likeness (QED) is 0.721. The molecule has 0 radical (unpaired) electrons. The van der Waals surface area contributed by atoms with Crippen molar-refractivity contribution in [2.24, 2.45) is 29.1 Å². The average Bonchev–Trinajstić information content (AvgIpc) is 2.16. The van der Waals surface area contributed by atoms with E-state index in [1.807, 2.05) is 0 Å². The molecule has 86 valence electrons. The van der Waals surface area contributed by atoms with Crippen LogP contribution in [0.25, 0.3) is 0 Å². The molecule has 0 aromatic heterocycles. The summed E-state index contributed by atoms with van der Waals surface area (Å²) in [6, 6.07) is 0. The molecule has 15 heavy (non-hydrogen) atoms. The van der Waals surface area contributed by atoms with Crippen LogP contribution in [0.5, 0.6) is 0 Å². The summed E-state index contributed by atoms with van der Waals surface area (Å²) < 4.78 is 0. The monoisotopic (exact) mass is 210 g/mol. The zero-order chi connectivity index (χ0) is 11.2. The second kappa shape index (κ2) is 3.50. The van der Waals surface area contributed by atoms with Crippen molar-refractivity contribution in [2.45, 2.75) is 46.5 Å². The maximum atomic E-state index is 11.4. The Morgan fingerprint density at radius 1 is 1.07 bits per heavy atom. The zero-order valence-electron chi connectivity index (χ0n) is 9.99. The standard InChI is InChI=1S/C13H22O2/c1-13(2,3)11-9-6-4-8(5-7-9)10(11)12(14)15/h8-11H,4-7H2,1-3H3,(H,14,15). The van der Waals surface area contributed by atoms with E-state index in [0.717, 1.165) is 12.8 Å². The predicted molar refractivity (Wildman–Crippen MR) is 59.5 cm³/mol. The molecule has 0 heterocycles. The number of rotatable bonds is 1. The van der Waals surface area contributed by atoms with Crippen LogP contribution >= 0.6 is 0 Å². The van der Waals surface area contributed by atoms with Crippen molar-refractivity contribution >= 4 is 5.97 Å². The van der Waals surface area contributed by atoms with Gasteiger partial charge >= 0.3 is 5.97 Å². The molecule has 1 N–H and O–H groups in total. The topological polar surface area (TPSA) is 37.3 Å². The second-order valence-corrected chi connectivity index (χ2v) is 6.43. The summed E-state index contributed by atoms with van der Waals surface area (Å²) in [4.78, 5) is 11.4. The zero-order valence-corrected chi connectivity index (χ0v) is 9.99. The van der Waals surface area contributed by atoms with Crippen LogP contribution in [0, 0.1) is 29.1 Å². The number of hydrogen-bond donors (Lipinski definition) is 1. The van der Waals surface area contributed by atoms with E-state index in [-0.39, 0.29) is 11.3 Å². The molecule has 0 aromatic rings. The van der Waals surface area contributed by atoms with Gasteiger partial charge in [0.1, 0.15) is 0 Å². The van der Waals surface area contributed by atoms with Crippen molar-refractivity contribution in [3.8, 4) is 0 Å². The second-order valence-electron chi connectivity index (χ2n) is 6.43. The summed E-state index contributed by atoms with van der Waals surface area (Å²) in [7, 11) is 0. The predicted octanol–water partition coefficient (Wildman–Crippen LogP) is 3.17. The van der Waals surface area contributed by atoms with Gasteiger partial charge in [0.2, 0.25) is 0 Å². The molecule has 0 amide bonds. The van der Waals surface area contributed by atoms with Crippen LogP contribution in [-0.4, -0.2) is 11.1 Å². The van der Waals surface area contributed by atoms with Gasteiger partial charge in [0.15, 0.2) is 0 Å². The van der Waals surface area contributed by atoms with Crippen molar-refractivity contribution < 1.29 is 9.90 Å². The normalized spacial score (nSPS) is 40.5. The highest BCUT2D eigenvalue weighted by Crippen LogP contribution is 2.54. The molecule has 2 nitrogen and oxygen atoms in total. The SMILES string of the molecule is CC(C)(C)C1C2CCC(CC2)C1C(=O)O. The van der Waals surface area contributed by atoms with E-state index < -0.39 is 5.97 Å². The summed E-state index contributed by atoms with van der Waals surface area (Å²) in [5.41, 5.74) is 0.146. The van der Waals surface area contributed by atoms with Crippen molar-refractivity contribution in [3.63, 3.8) is 0 Å². The first-order valence-corrected chi connectivity index (χ1v) is 6.14. The summed E-state index contributed by atoms with van der Waals surface area (Å²) in [5.74, 6) is 0.886. The minimum atomic E-state index is -0.552. The first kappa shape index (κ1) is 11.0. The third-order valence-electron chi connectivity index (χ3n) is 4.50. The van der Waals surface area contributed by atoms with E-state index in [1.54, 1.807) is 0 Å². The maximum Gasteiger partial charge on any atom is 0.307 e. The molecule has 3 fully saturated rings. The average molecular weight is 210 g/mol. The number of aliphatic carboxylic acids is 1. The lowest BCUT2D eigenvalue weighted by Gasteiger charge is -2.52. The number of carboxylic acid groups (broad SMARTS) is 1. The highest BCUT2D eigenvalue weighted by atomic mass is 16.4. The Labute approximate surface area is 92.1 Å². The fourth-order valence-electron chi connectivity index (χ4n) is 4.05. The molecule has 0 aliphatic heterocycles. The molecule has 0 saturated heterocycles. The lowest BCUT2D eigenvalue weighted by Crippen LogP contribution is -2.49. The van der Waals surface area contributed by atoms with Gasteiger partial charge in [-0.15, -0.1) is 0 Å². The van der Waals surface area contributed by atoms with Gasteiger partial charge in [-0.05, 0) is 48.9 Å². The Kier molecular flexibility index (Phi) is 2.56. The number of carboxylic acids is 1. The van der Waals surface area contributed by atoms with Crippen molar-refractivity contribution in [3.05, 3.63) is 0 Å². The van der Waals surface area contributed by atoms with E-state index in [9.17, 15) is 9.90 Å². The molecular weight excluding hydrogens is 188 g/mol. The van der Waals surface area contributed by atoms with Crippen molar-refractivity contribution in [1.29, 1.82) is 0 Å². The lowest BCUT2D eigenvalue weighted by molar-refractivity contribution is -0.157. The van der Waals surface area contributed by atoms with E-state index in [4.69, 9.17) is 0 Å². The number of carbonyl (C=O) groups is 1. The van der Waals surface area contributed by atoms with Gasteiger partial charge < -0.3 is 5.11 Å². The van der Waals surface area contributed by atoms with Crippen LogP contribution < -0.4 is 0 Å². The highest BCUT2D eigenvalue weighted by molar-refractivity contribution is 5.71. The van der Waals surface area contributed by atoms with Gasteiger partial charge in [0.05, 0.1) is 5.92 Å². The Hall–Kier alpha value is -0.530. The van der Waals surface area contributed by atoms with Crippen LogP contribution in [-0.2, 0) is 4.79 Å². The van der Waals surface area contributed by atoms with Crippen LogP contribution in [0.2, 0.25) is 0 Å². The third kappa shape index (κ3) is 1.79. The first-order valence-electron chi connectivity index (χ1n) is 6.14. The smallest absolute Gasteiger partial charge is 0.307 e. The summed E-state index contributed by atoms with van der Waals surface area (Å²) in [6.45, 7) is 6.61. The van der Waals surface area contributed by atoms with Crippen molar-refractivity contribution in [1.82, 2.24) is 0 Å². The Morgan fingerprint density at radius 3 is 1.87 bits per heavy atom. The van der Waals surface area contributed by atoms with Crippen molar-refractivity contribution in [2.75, 3.05) is 0 Å². The Morgan fingerprint density at radius 2 is 1.53 bits per heavy atom. The maximum absolute atomic E-state index is 11.4. The summed E-state index contributed by atoms with van der Waals surface area (Å²) in [6.07, 6.45) is 4.81. The molecule has 2 unspecified atom stereocenters. The fourth-order valence-corrected chi connectivity index (χ4v) is 4.05. The molecular formula is C13H22O2. The van der Waals surface area contributed by atoms with Gasteiger partial charge in [-0.1, -0.05) is 20.8 Å². The van der Waals surface area contributed by atoms with Gasteiger partial charge in [-0.25, -0.2) is 0 Å². The minimum absolute atomic E-state index is 0.0718. The molecule has 2 bridgehead atoms. The van der Waals surface area contributed by atoms with Gasteiger partial charge in [-0.3, -0.25) is 4.79 Å². The van der Waals surface area contributed by atoms with Crippen LogP contribution in [0.15, 0.2) is 0 Å². The Balaban J connectivity index is 2.29. The molecule has 3 aliphatic carbocycles. The van der Waals surface area contributed by atoms with Gasteiger partial charge in [-0.2, -0.15) is 0 Å². The largest absolute Gasteiger partial charge is 0.481 e. The van der Waals surface area contributed by atoms with Crippen LogP contribution in [0.1, 0.15) is 46.5 Å². The number of hydrogen-bond acceptors (Lipinski definition) is 1. The number of fused-ring (bicyclic) bond motifs is 3. The third-order valence-corrected chi connectivity index (χ3v) is 4.50. The van der Waals surface area contributed by atoms with Crippen LogP contribution in [0.4, 0.5) is 0 Å². The van der Waals surface area contributed by atoms with Gasteiger partial charge in [0, 0.05) is 0 Å². The van der Waals surface area contributed by atoms with E-state index in [0.29, 0.717) is 17.8 Å². The summed E-state index contributed by atoms with van der Waals surface area (Å²) >= 11 is 0. The molecule has 2 heteroatoms. The summed E-state index contributed by atoms with van der Waals surface area (Å²) in [5, 5.41) is 9.39. The van der Waals surface area contributed by atoms with E-state index in [1.165, 1.54) is 12.8 Å². The van der Waals surface area contributed by atoms with Crippen LogP contribution in [0.3, 0.4) is 0 Å². The molecule has 3 aliphatic rings. The molecule has 3 rings (SSSR count). The van der Waals surface area contributed by atoms with Gasteiger partial charge in [0.25, 0.3) is 0 Å². The highest BCUT2D eigenvalue weighted by Gasteiger charge is 2.51. The fraction of sp³-hybridized carbons (Fsp3) is 0.923. The minimum Gasteiger partial charge on any atom is -0.481 e. The Bertz CT molecular complexity index is 256. The van der Waals surface area contributed by atoms with E-state index in [2.05, 4.69) is 20.8 Å². The molecule has 3 saturated carbocycles. The van der Waals surface area contributed by atoms with E-state index >= 15 is 0 Å². The molecule has 0 spiro atoms. The molecule has 2 atom stereocenters. The first-order chi connectivity index (χ1) is 6.91. The lowest BCUT2D eigenvalue weighted by atomic mass is 9.52.